The van der Waals surface area contributed by atoms with E-state index in [-0.39, 0.29) is 33.6 Å². The van der Waals surface area contributed by atoms with E-state index in [1.165, 1.54) is 29.5 Å². The molecule has 0 aliphatic rings. The van der Waals surface area contributed by atoms with Crippen molar-refractivity contribution in [2.75, 3.05) is 6.54 Å². The summed E-state index contributed by atoms with van der Waals surface area (Å²) >= 11 is 8.11. The molecule has 0 saturated heterocycles. The number of amides is 3. The zero-order valence-electron chi connectivity index (χ0n) is 16.8. The van der Waals surface area contributed by atoms with Crippen molar-refractivity contribution >= 4 is 58.0 Å². The maximum absolute atomic E-state index is 12.6. The summed E-state index contributed by atoms with van der Waals surface area (Å²) < 4.78 is 0. The minimum absolute atomic E-state index is 0.00762. The highest BCUT2D eigenvalue weighted by Gasteiger charge is 2.25. The highest BCUT2D eigenvalue weighted by Crippen LogP contribution is 2.27. The quantitative estimate of drug-likeness (QED) is 0.301. The number of thiophene rings is 2. The summed E-state index contributed by atoms with van der Waals surface area (Å²) in [6.45, 7) is -0.187. The Kier molecular flexibility index (Phi) is 8.04. The van der Waals surface area contributed by atoms with Crippen molar-refractivity contribution in [1.29, 1.82) is 0 Å². The number of aromatic hydroxyl groups is 1. The number of rotatable bonds is 9. The second kappa shape index (κ2) is 10.9. The highest BCUT2D eigenvalue weighted by molar-refractivity contribution is 7.16. The van der Waals surface area contributed by atoms with Gasteiger partial charge in [0.2, 0.25) is 0 Å². The third-order valence-corrected chi connectivity index (χ3v) is 6.71. The van der Waals surface area contributed by atoms with E-state index in [0.717, 1.165) is 11.3 Å². The molecule has 9 nitrogen and oxygen atoms in total. The molecule has 2 heterocycles. The van der Waals surface area contributed by atoms with Gasteiger partial charge in [-0.1, -0.05) is 29.8 Å². The van der Waals surface area contributed by atoms with Gasteiger partial charge in [-0.25, -0.2) is 4.79 Å². The van der Waals surface area contributed by atoms with Crippen LogP contribution < -0.4 is 16.0 Å². The minimum Gasteiger partial charge on any atom is -0.508 e. The predicted molar refractivity (Wildman–Crippen MR) is 124 cm³/mol. The Morgan fingerprint density at radius 3 is 2.39 bits per heavy atom. The Bertz CT molecular complexity index is 1180. The fourth-order valence-electron chi connectivity index (χ4n) is 2.68. The van der Waals surface area contributed by atoms with Crippen molar-refractivity contribution in [2.45, 2.75) is 12.6 Å². The van der Waals surface area contributed by atoms with E-state index < -0.39 is 29.7 Å². The molecule has 0 fully saturated rings. The first-order valence-electron chi connectivity index (χ1n) is 9.45. The Hall–Kier alpha value is -3.41. The van der Waals surface area contributed by atoms with Crippen molar-refractivity contribution in [2.24, 2.45) is 0 Å². The number of carboxylic acid groups (broad SMARTS) is 1. The van der Waals surface area contributed by atoms with Crippen molar-refractivity contribution in [3.63, 3.8) is 0 Å². The molecule has 5 N–H and O–H groups in total. The van der Waals surface area contributed by atoms with Crippen LogP contribution in [0.5, 0.6) is 5.75 Å². The van der Waals surface area contributed by atoms with E-state index in [2.05, 4.69) is 16.0 Å². The average molecular weight is 508 g/mol. The summed E-state index contributed by atoms with van der Waals surface area (Å²) in [4.78, 5) is 49.1. The summed E-state index contributed by atoms with van der Waals surface area (Å²) in [5.74, 6) is -2.99. The molecule has 3 rings (SSSR count). The molecule has 33 heavy (non-hydrogen) atoms. The molecule has 1 aromatic carbocycles. The van der Waals surface area contributed by atoms with Gasteiger partial charge in [-0.05, 0) is 35.2 Å². The monoisotopic (exact) mass is 507 g/mol. The lowest BCUT2D eigenvalue weighted by Gasteiger charge is -2.14. The maximum Gasteiger partial charge on any atom is 0.328 e. The van der Waals surface area contributed by atoms with E-state index in [4.69, 9.17) is 11.6 Å². The normalized spacial score (nSPS) is 11.4. The van der Waals surface area contributed by atoms with Gasteiger partial charge in [0.25, 0.3) is 17.7 Å². The molecule has 3 aromatic rings. The molecule has 0 spiro atoms. The molecule has 12 heteroatoms. The molecular weight excluding hydrogens is 490 g/mol. The minimum atomic E-state index is -1.40. The Morgan fingerprint density at radius 1 is 0.970 bits per heavy atom. The molecule has 0 aliphatic heterocycles. The zero-order chi connectivity index (χ0) is 24.0. The molecule has 0 unspecified atom stereocenters. The number of halogens is 1. The first-order valence-corrected chi connectivity index (χ1v) is 11.5. The molecule has 0 saturated carbocycles. The van der Waals surface area contributed by atoms with E-state index in [1.807, 2.05) is 0 Å². The van der Waals surface area contributed by atoms with Gasteiger partial charge < -0.3 is 26.2 Å². The standard InChI is InChI=1S/C21H18ClN3O6S2/c22-13-8-16(19(28)23-9-11-3-1-4-12(26)7-11)33-17(13)20(29)25-14(21(30)31)10-24-18(27)15-5-2-6-32-15/h1-8,14,26H,9-10H2,(H,23,28)(H,24,27)(H,25,29)(H,30,31)/t14-/m0/s1. The van der Waals surface area contributed by atoms with E-state index >= 15 is 0 Å². The highest BCUT2D eigenvalue weighted by atomic mass is 35.5. The van der Waals surface area contributed by atoms with Gasteiger partial charge in [0.15, 0.2) is 0 Å². The average Bonchev–Trinajstić information content (AvgIpc) is 3.44. The van der Waals surface area contributed by atoms with Crippen molar-refractivity contribution < 1.29 is 29.4 Å². The molecule has 2 aromatic heterocycles. The largest absolute Gasteiger partial charge is 0.508 e. The second-order valence-corrected chi connectivity index (χ2v) is 9.10. The number of phenols is 1. The number of aliphatic carboxylic acids is 1. The number of hydrogen-bond donors (Lipinski definition) is 5. The lowest BCUT2D eigenvalue weighted by Crippen LogP contribution is -2.48. The predicted octanol–water partition coefficient (Wildman–Crippen LogP) is 2.71. The van der Waals surface area contributed by atoms with Crippen molar-refractivity contribution in [3.05, 3.63) is 73.1 Å². The Labute approximate surface area is 201 Å². The van der Waals surface area contributed by atoms with Crippen LogP contribution >= 0.6 is 34.3 Å². The van der Waals surface area contributed by atoms with Crippen LogP contribution in [0.3, 0.4) is 0 Å². The van der Waals surface area contributed by atoms with Crippen LogP contribution in [-0.2, 0) is 11.3 Å². The number of carbonyl (C=O) groups is 4. The summed E-state index contributed by atoms with van der Waals surface area (Å²) in [6, 6.07) is 9.57. The number of benzene rings is 1. The number of nitrogens with one attached hydrogen (secondary N) is 3. The summed E-state index contributed by atoms with van der Waals surface area (Å²) in [6.07, 6.45) is 0. The molecule has 0 bridgehead atoms. The molecule has 172 valence electrons. The van der Waals surface area contributed by atoms with Crippen LogP contribution in [-0.4, -0.2) is 46.5 Å². The van der Waals surface area contributed by atoms with Gasteiger partial charge in [0.05, 0.1) is 14.8 Å². The van der Waals surface area contributed by atoms with Gasteiger partial charge in [-0.3, -0.25) is 14.4 Å². The van der Waals surface area contributed by atoms with Gasteiger partial charge in [-0.2, -0.15) is 0 Å². The lowest BCUT2D eigenvalue weighted by atomic mass is 10.2. The number of phenolic OH excluding ortho intramolecular Hbond substituents is 1. The van der Waals surface area contributed by atoms with Gasteiger partial charge >= 0.3 is 5.97 Å². The van der Waals surface area contributed by atoms with Crippen LogP contribution in [0.2, 0.25) is 5.02 Å². The Morgan fingerprint density at radius 2 is 1.73 bits per heavy atom. The molecule has 0 aliphatic carbocycles. The van der Waals surface area contributed by atoms with Crippen molar-refractivity contribution in [1.82, 2.24) is 16.0 Å². The number of carbonyl (C=O) groups excluding carboxylic acids is 3. The molecule has 3 amide bonds. The summed E-state index contributed by atoms with van der Waals surface area (Å²) in [7, 11) is 0. The third kappa shape index (κ3) is 6.54. The van der Waals surface area contributed by atoms with Gasteiger partial charge in [0, 0.05) is 13.1 Å². The van der Waals surface area contributed by atoms with Crippen molar-refractivity contribution in [3.8, 4) is 5.75 Å². The fraction of sp³-hybridized carbons (Fsp3) is 0.143. The molecule has 1 atom stereocenters. The van der Waals surface area contributed by atoms with Crippen LogP contribution in [0.25, 0.3) is 0 Å². The number of hydrogen-bond acceptors (Lipinski definition) is 7. The fourth-order valence-corrected chi connectivity index (χ4v) is 4.57. The summed E-state index contributed by atoms with van der Waals surface area (Å²) in [5, 5.41) is 28.0. The smallest absolute Gasteiger partial charge is 0.328 e. The summed E-state index contributed by atoms with van der Waals surface area (Å²) in [5.41, 5.74) is 0.679. The topological polar surface area (TPSA) is 145 Å². The first kappa shape index (κ1) is 24.2. The van der Waals surface area contributed by atoms with Crippen LogP contribution in [0.15, 0.2) is 47.8 Å². The van der Waals surface area contributed by atoms with E-state index in [0.29, 0.717) is 10.4 Å². The maximum atomic E-state index is 12.6. The van der Waals surface area contributed by atoms with Crippen LogP contribution in [0, 0.1) is 0 Å². The number of carboxylic acids is 1. The SMILES string of the molecule is O=C(NC[C@H](NC(=O)c1sc(C(=O)NCc2cccc(O)c2)cc1Cl)C(=O)O)c1cccs1. The van der Waals surface area contributed by atoms with E-state index in [9.17, 15) is 29.4 Å². The molecular formula is C21H18ClN3O6S2. The Balaban J connectivity index is 1.60. The second-order valence-electron chi connectivity index (χ2n) is 6.69. The van der Waals surface area contributed by atoms with E-state index in [1.54, 1.807) is 29.6 Å². The van der Waals surface area contributed by atoms with Gasteiger partial charge in [-0.15, -0.1) is 22.7 Å². The zero-order valence-corrected chi connectivity index (χ0v) is 19.2. The van der Waals surface area contributed by atoms with Gasteiger partial charge in [0.1, 0.15) is 16.7 Å². The van der Waals surface area contributed by atoms with Crippen LogP contribution in [0.4, 0.5) is 0 Å². The first-order chi connectivity index (χ1) is 15.7. The lowest BCUT2D eigenvalue weighted by molar-refractivity contribution is -0.139. The molecule has 0 radical (unpaired) electrons. The van der Waals surface area contributed by atoms with Crippen LogP contribution in [0.1, 0.15) is 34.6 Å². The third-order valence-electron chi connectivity index (χ3n) is 4.30.